The third kappa shape index (κ3) is 3.05. The molecule has 0 N–H and O–H groups in total. The molecule has 86 valence electrons. The van der Waals surface area contributed by atoms with Gasteiger partial charge < -0.3 is 0 Å². The van der Waals surface area contributed by atoms with Crippen molar-refractivity contribution in [2.24, 2.45) is 17.8 Å². The van der Waals surface area contributed by atoms with Gasteiger partial charge in [0.25, 0.3) is 0 Å². The van der Waals surface area contributed by atoms with Gasteiger partial charge in [-0.2, -0.15) is 0 Å². The Labute approximate surface area is 100 Å². The standard InChI is InChI=1S/C13H20BrF/c14-9-10-1-3-11(4-2-10)12-5-7-13(15)8-6-12/h7,10-12H,1-6,8-9H2/t10-,11-,12?. The zero-order chi connectivity index (χ0) is 10.7. The number of allylic oxidation sites excluding steroid dienone is 2. The van der Waals surface area contributed by atoms with Crippen LogP contribution in [-0.4, -0.2) is 5.33 Å². The van der Waals surface area contributed by atoms with Crippen LogP contribution >= 0.6 is 15.9 Å². The van der Waals surface area contributed by atoms with Crippen molar-refractivity contribution in [2.45, 2.75) is 44.9 Å². The van der Waals surface area contributed by atoms with Gasteiger partial charge in [0.05, 0.1) is 5.83 Å². The summed E-state index contributed by atoms with van der Waals surface area (Å²) in [4.78, 5) is 0. The second-order valence-electron chi connectivity index (χ2n) is 5.12. The van der Waals surface area contributed by atoms with E-state index in [4.69, 9.17) is 0 Å². The smallest absolute Gasteiger partial charge is 0.0960 e. The van der Waals surface area contributed by atoms with Gasteiger partial charge in [0, 0.05) is 5.33 Å². The lowest BCUT2D eigenvalue weighted by atomic mass is 9.72. The molecule has 1 atom stereocenters. The molecule has 0 spiro atoms. The molecule has 0 saturated heterocycles. The average Bonchev–Trinajstić information content (AvgIpc) is 2.30. The third-order valence-electron chi connectivity index (χ3n) is 4.17. The van der Waals surface area contributed by atoms with Gasteiger partial charge in [-0.3, -0.25) is 0 Å². The van der Waals surface area contributed by atoms with Crippen molar-refractivity contribution in [3.8, 4) is 0 Å². The average molecular weight is 275 g/mol. The summed E-state index contributed by atoms with van der Waals surface area (Å²) in [6.07, 6.45) is 10.1. The summed E-state index contributed by atoms with van der Waals surface area (Å²) in [5.74, 6) is 2.68. The van der Waals surface area contributed by atoms with Crippen molar-refractivity contribution in [1.29, 1.82) is 0 Å². The first-order chi connectivity index (χ1) is 7.29. The van der Waals surface area contributed by atoms with E-state index in [9.17, 15) is 4.39 Å². The van der Waals surface area contributed by atoms with E-state index in [1.54, 1.807) is 0 Å². The molecule has 1 saturated carbocycles. The molecule has 0 aromatic rings. The summed E-state index contributed by atoms with van der Waals surface area (Å²) < 4.78 is 12.9. The van der Waals surface area contributed by atoms with Gasteiger partial charge in [-0.25, -0.2) is 4.39 Å². The van der Waals surface area contributed by atoms with Crippen molar-refractivity contribution in [1.82, 2.24) is 0 Å². The fourth-order valence-corrected chi connectivity index (χ4v) is 3.71. The first-order valence-corrected chi connectivity index (χ1v) is 7.32. The minimum absolute atomic E-state index is 0.125. The Bertz CT molecular complexity index is 229. The van der Waals surface area contributed by atoms with E-state index in [1.165, 1.54) is 31.0 Å². The van der Waals surface area contributed by atoms with Crippen LogP contribution in [0.3, 0.4) is 0 Å². The monoisotopic (exact) mass is 274 g/mol. The Morgan fingerprint density at radius 3 is 2.40 bits per heavy atom. The van der Waals surface area contributed by atoms with Gasteiger partial charge in [-0.15, -0.1) is 0 Å². The molecular formula is C13H20BrF. The summed E-state index contributed by atoms with van der Waals surface area (Å²) in [5.41, 5.74) is 0. The normalized spacial score (nSPS) is 37.5. The van der Waals surface area contributed by atoms with Crippen molar-refractivity contribution in [3.05, 3.63) is 11.9 Å². The van der Waals surface area contributed by atoms with Crippen LogP contribution in [0.4, 0.5) is 4.39 Å². The molecule has 15 heavy (non-hydrogen) atoms. The molecule has 2 aliphatic rings. The molecule has 1 fully saturated rings. The molecule has 2 rings (SSSR count). The second-order valence-corrected chi connectivity index (χ2v) is 5.77. The van der Waals surface area contributed by atoms with Gasteiger partial charge in [0.15, 0.2) is 0 Å². The summed E-state index contributed by atoms with van der Waals surface area (Å²) in [7, 11) is 0. The molecule has 0 aromatic heterocycles. The summed E-state index contributed by atoms with van der Waals surface area (Å²) >= 11 is 3.58. The Balaban J connectivity index is 1.81. The van der Waals surface area contributed by atoms with Crippen LogP contribution in [0.2, 0.25) is 0 Å². The van der Waals surface area contributed by atoms with Crippen LogP contribution in [0.15, 0.2) is 11.9 Å². The number of hydrogen-bond donors (Lipinski definition) is 0. The van der Waals surface area contributed by atoms with Crippen LogP contribution in [0, 0.1) is 17.8 Å². The Hall–Kier alpha value is 0.150. The predicted molar refractivity (Wildman–Crippen MR) is 65.8 cm³/mol. The third-order valence-corrected chi connectivity index (χ3v) is 5.09. The van der Waals surface area contributed by atoms with Gasteiger partial charge in [0.1, 0.15) is 0 Å². The Morgan fingerprint density at radius 1 is 1.13 bits per heavy atom. The predicted octanol–water partition coefficient (Wildman–Crippen LogP) is 4.84. The van der Waals surface area contributed by atoms with Crippen LogP contribution in [0.5, 0.6) is 0 Å². The van der Waals surface area contributed by atoms with Crippen molar-refractivity contribution in [2.75, 3.05) is 5.33 Å². The maximum absolute atomic E-state index is 12.9. The topological polar surface area (TPSA) is 0 Å². The fraction of sp³-hybridized carbons (Fsp3) is 0.846. The zero-order valence-electron chi connectivity index (χ0n) is 9.22. The number of halogens is 2. The molecule has 0 radical (unpaired) electrons. The lowest BCUT2D eigenvalue weighted by Gasteiger charge is -2.34. The second kappa shape index (κ2) is 5.47. The highest BCUT2D eigenvalue weighted by Gasteiger charge is 2.28. The lowest BCUT2D eigenvalue weighted by molar-refractivity contribution is 0.198. The van der Waals surface area contributed by atoms with Crippen LogP contribution in [0.1, 0.15) is 44.9 Å². The Morgan fingerprint density at radius 2 is 1.87 bits per heavy atom. The minimum atomic E-state index is 0.125. The van der Waals surface area contributed by atoms with E-state index < -0.39 is 0 Å². The minimum Gasteiger partial charge on any atom is -0.212 e. The van der Waals surface area contributed by atoms with Gasteiger partial charge in [-0.05, 0) is 62.7 Å². The maximum atomic E-state index is 12.9. The van der Waals surface area contributed by atoms with Crippen LogP contribution in [-0.2, 0) is 0 Å². The molecule has 2 aliphatic carbocycles. The van der Waals surface area contributed by atoms with Crippen molar-refractivity contribution in [3.63, 3.8) is 0 Å². The molecule has 2 heteroatoms. The zero-order valence-corrected chi connectivity index (χ0v) is 10.8. The van der Waals surface area contributed by atoms with Gasteiger partial charge in [-0.1, -0.05) is 22.0 Å². The molecule has 0 bridgehead atoms. The van der Waals surface area contributed by atoms with E-state index in [0.29, 0.717) is 6.42 Å². The molecule has 0 heterocycles. The first-order valence-electron chi connectivity index (χ1n) is 6.20. The van der Waals surface area contributed by atoms with E-state index in [0.717, 1.165) is 30.6 Å². The SMILES string of the molecule is FC1=CCC([C@H]2CC[C@H](CBr)CC2)CC1. The quantitative estimate of drug-likeness (QED) is 0.632. The molecule has 1 unspecified atom stereocenters. The Kier molecular flexibility index (Phi) is 4.24. The number of alkyl halides is 1. The summed E-state index contributed by atoms with van der Waals surface area (Å²) in [6.45, 7) is 0. The number of rotatable bonds is 2. The largest absolute Gasteiger partial charge is 0.212 e. The molecule has 0 nitrogen and oxygen atoms in total. The van der Waals surface area contributed by atoms with Crippen molar-refractivity contribution < 1.29 is 4.39 Å². The lowest BCUT2D eigenvalue weighted by Crippen LogP contribution is -2.23. The van der Waals surface area contributed by atoms with Gasteiger partial charge >= 0.3 is 0 Å². The van der Waals surface area contributed by atoms with Crippen molar-refractivity contribution >= 4 is 15.9 Å². The van der Waals surface area contributed by atoms with E-state index in [1.807, 2.05) is 6.08 Å². The number of hydrogen-bond acceptors (Lipinski definition) is 0. The van der Waals surface area contributed by atoms with Gasteiger partial charge in [0.2, 0.25) is 0 Å². The highest BCUT2D eigenvalue weighted by atomic mass is 79.9. The molecular weight excluding hydrogens is 255 g/mol. The fourth-order valence-electron chi connectivity index (χ4n) is 3.06. The first kappa shape index (κ1) is 11.6. The highest BCUT2D eigenvalue weighted by Crippen LogP contribution is 2.39. The molecule has 0 aliphatic heterocycles. The maximum Gasteiger partial charge on any atom is 0.0960 e. The molecule has 0 aromatic carbocycles. The highest BCUT2D eigenvalue weighted by molar-refractivity contribution is 9.09. The summed E-state index contributed by atoms with van der Waals surface area (Å²) in [6, 6.07) is 0. The van der Waals surface area contributed by atoms with Crippen LogP contribution < -0.4 is 0 Å². The van der Waals surface area contributed by atoms with Crippen LogP contribution in [0.25, 0.3) is 0 Å². The molecule has 0 amide bonds. The van der Waals surface area contributed by atoms with E-state index >= 15 is 0 Å². The van der Waals surface area contributed by atoms with E-state index in [2.05, 4.69) is 15.9 Å². The van der Waals surface area contributed by atoms with E-state index in [-0.39, 0.29) is 5.83 Å². The summed E-state index contributed by atoms with van der Waals surface area (Å²) in [5, 5.41) is 1.17.